The number of amidine groups is 1. The number of methoxy groups -OCH3 is 2. The maximum Gasteiger partial charge on any atom is 0.264 e. The Morgan fingerprint density at radius 3 is 2.68 bits per heavy atom. The lowest BCUT2D eigenvalue weighted by molar-refractivity contribution is -0.115. The molecule has 134 valence electrons. The molecular weight excluding hydrogens is 360 g/mol. The maximum atomic E-state index is 12.2. The van der Waals surface area contributed by atoms with E-state index in [-0.39, 0.29) is 5.91 Å². The van der Waals surface area contributed by atoms with Gasteiger partial charge in [0.05, 0.1) is 30.2 Å². The minimum absolute atomic E-state index is 0.134. The number of amides is 1. The van der Waals surface area contributed by atoms with Gasteiger partial charge < -0.3 is 14.8 Å². The lowest BCUT2D eigenvalue weighted by atomic mass is 9.96. The first-order chi connectivity index (χ1) is 12.1. The molecule has 1 aliphatic heterocycles. The molecule has 2 fully saturated rings. The molecule has 1 amide bonds. The lowest BCUT2D eigenvalue weighted by Crippen LogP contribution is -2.22. The average molecular weight is 381 g/mol. The standard InChI is InChI=1S/C18H21ClN2O3S/c1-23-14-9-11(8-13(19)16(14)24-2)10-15-17(22)21-18(25-15)20-12-6-4-3-5-7-12/h8-10,12H,3-7H2,1-2H3,(H,20,21,22). The van der Waals surface area contributed by atoms with Crippen LogP contribution in [0.15, 0.2) is 22.0 Å². The van der Waals surface area contributed by atoms with Crippen LogP contribution in [0.5, 0.6) is 11.5 Å². The zero-order valence-corrected chi connectivity index (χ0v) is 15.9. The Morgan fingerprint density at radius 1 is 1.24 bits per heavy atom. The van der Waals surface area contributed by atoms with Gasteiger partial charge in [0.25, 0.3) is 5.91 Å². The van der Waals surface area contributed by atoms with Crippen LogP contribution in [0.1, 0.15) is 37.7 Å². The molecule has 0 spiro atoms. The molecule has 7 heteroatoms. The molecule has 0 bridgehead atoms. The van der Waals surface area contributed by atoms with Crippen molar-refractivity contribution in [3.8, 4) is 11.5 Å². The number of hydrogen-bond acceptors (Lipinski definition) is 5. The Morgan fingerprint density at radius 2 is 2.00 bits per heavy atom. The van der Waals surface area contributed by atoms with Crippen LogP contribution >= 0.6 is 23.4 Å². The topological polar surface area (TPSA) is 59.9 Å². The molecule has 5 nitrogen and oxygen atoms in total. The minimum atomic E-state index is -0.134. The van der Waals surface area contributed by atoms with Crippen LogP contribution in [-0.4, -0.2) is 31.3 Å². The van der Waals surface area contributed by atoms with Crippen LogP contribution in [0.3, 0.4) is 0 Å². The molecule has 1 saturated heterocycles. The summed E-state index contributed by atoms with van der Waals surface area (Å²) in [6.45, 7) is 0. The third-order valence-electron chi connectivity index (χ3n) is 4.28. The fourth-order valence-electron chi connectivity index (χ4n) is 3.04. The van der Waals surface area contributed by atoms with Gasteiger partial charge in [-0.05, 0) is 48.4 Å². The molecule has 25 heavy (non-hydrogen) atoms. The Balaban J connectivity index is 1.80. The van der Waals surface area contributed by atoms with Gasteiger partial charge in [0.2, 0.25) is 0 Å². The van der Waals surface area contributed by atoms with E-state index in [1.807, 2.05) is 0 Å². The van der Waals surface area contributed by atoms with Crippen LogP contribution in [0, 0.1) is 0 Å². The zero-order valence-electron chi connectivity index (χ0n) is 14.3. The molecule has 1 saturated carbocycles. The molecule has 0 unspecified atom stereocenters. The number of nitrogens with one attached hydrogen (secondary N) is 1. The number of aliphatic imine (C=N–C) groups is 1. The van der Waals surface area contributed by atoms with Gasteiger partial charge in [-0.3, -0.25) is 9.79 Å². The van der Waals surface area contributed by atoms with Gasteiger partial charge in [-0.1, -0.05) is 30.9 Å². The number of nitrogens with zero attached hydrogens (tertiary/aromatic N) is 1. The normalized spacial score (nSPS) is 21.6. The van der Waals surface area contributed by atoms with Crippen molar-refractivity contribution in [3.63, 3.8) is 0 Å². The molecule has 0 aromatic heterocycles. The summed E-state index contributed by atoms with van der Waals surface area (Å²) in [5, 5.41) is 3.98. The monoisotopic (exact) mass is 380 g/mol. The molecule has 0 atom stereocenters. The average Bonchev–Trinajstić information content (AvgIpc) is 2.94. The first-order valence-electron chi connectivity index (χ1n) is 8.31. The minimum Gasteiger partial charge on any atom is -0.493 e. The van der Waals surface area contributed by atoms with Crippen molar-refractivity contribution >= 4 is 40.5 Å². The number of thioether (sulfide) groups is 1. The Labute approximate surface area is 156 Å². The first-order valence-corrected chi connectivity index (χ1v) is 9.50. The summed E-state index contributed by atoms with van der Waals surface area (Å²) in [5.41, 5.74) is 0.777. The van der Waals surface area contributed by atoms with Gasteiger partial charge in [-0.15, -0.1) is 0 Å². The van der Waals surface area contributed by atoms with E-state index in [1.54, 1.807) is 25.3 Å². The summed E-state index contributed by atoms with van der Waals surface area (Å²) in [4.78, 5) is 17.5. The predicted octanol–water partition coefficient (Wildman–Crippen LogP) is 4.25. The van der Waals surface area contributed by atoms with Gasteiger partial charge in [-0.25, -0.2) is 0 Å². The largest absolute Gasteiger partial charge is 0.493 e. The van der Waals surface area contributed by atoms with Crippen molar-refractivity contribution in [2.75, 3.05) is 14.2 Å². The number of carbonyl (C=O) groups excluding carboxylic acids is 1. The quantitative estimate of drug-likeness (QED) is 0.793. The number of hydrogen-bond donors (Lipinski definition) is 1. The summed E-state index contributed by atoms with van der Waals surface area (Å²) in [6, 6.07) is 3.87. The van der Waals surface area contributed by atoms with Crippen molar-refractivity contribution < 1.29 is 14.3 Å². The fraction of sp³-hybridized carbons (Fsp3) is 0.444. The number of halogens is 1. The number of rotatable bonds is 4. The van der Waals surface area contributed by atoms with Gasteiger partial charge in [-0.2, -0.15) is 0 Å². The zero-order chi connectivity index (χ0) is 17.8. The highest BCUT2D eigenvalue weighted by atomic mass is 35.5. The second-order valence-corrected chi connectivity index (χ2v) is 7.47. The fourth-order valence-corrected chi connectivity index (χ4v) is 4.23. The van der Waals surface area contributed by atoms with Crippen LogP contribution in [0.4, 0.5) is 0 Å². The summed E-state index contributed by atoms with van der Waals surface area (Å²) in [5.74, 6) is 0.876. The summed E-state index contributed by atoms with van der Waals surface area (Å²) in [7, 11) is 3.09. The maximum absolute atomic E-state index is 12.2. The summed E-state index contributed by atoms with van der Waals surface area (Å²) >= 11 is 7.60. The highest BCUT2D eigenvalue weighted by Crippen LogP contribution is 2.37. The second-order valence-electron chi connectivity index (χ2n) is 6.03. The number of carbonyl (C=O) groups is 1. The van der Waals surface area contributed by atoms with Crippen LogP contribution in [0.25, 0.3) is 6.08 Å². The van der Waals surface area contributed by atoms with Crippen molar-refractivity contribution in [1.29, 1.82) is 0 Å². The van der Waals surface area contributed by atoms with E-state index in [0.29, 0.717) is 32.6 Å². The molecule has 1 N–H and O–H groups in total. The van der Waals surface area contributed by atoms with Crippen molar-refractivity contribution in [2.45, 2.75) is 38.1 Å². The van der Waals surface area contributed by atoms with E-state index in [0.717, 1.165) is 18.4 Å². The van der Waals surface area contributed by atoms with E-state index in [4.69, 9.17) is 26.1 Å². The molecule has 1 aromatic rings. The highest BCUT2D eigenvalue weighted by molar-refractivity contribution is 8.18. The summed E-state index contributed by atoms with van der Waals surface area (Å²) < 4.78 is 10.5. The van der Waals surface area contributed by atoms with Crippen LogP contribution in [0.2, 0.25) is 5.02 Å². The molecule has 2 aliphatic rings. The molecule has 1 aromatic carbocycles. The number of benzene rings is 1. The lowest BCUT2D eigenvalue weighted by Gasteiger charge is -2.17. The third kappa shape index (κ3) is 4.30. The molecular formula is C18H21ClN2O3S. The van der Waals surface area contributed by atoms with E-state index in [1.165, 1.54) is 38.1 Å². The Hall–Kier alpha value is -1.66. The van der Waals surface area contributed by atoms with Crippen LogP contribution < -0.4 is 14.8 Å². The number of ether oxygens (including phenoxy) is 2. The van der Waals surface area contributed by atoms with E-state index < -0.39 is 0 Å². The van der Waals surface area contributed by atoms with Gasteiger partial charge in [0, 0.05) is 0 Å². The van der Waals surface area contributed by atoms with Gasteiger partial charge in [0.1, 0.15) is 0 Å². The SMILES string of the molecule is COc1cc(C=C2SC(=NC3CCCCC3)NC2=O)cc(Cl)c1OC. The highest BCUT2D eigenvalue weighted by Gasteiger charge is 2.25. The van der Waals surface area contributed by atoms with Crippen molar-refractivity contribution in [3.05, 3.63) is 27.6 Å². The third-order valence-corrected chi connectivity index (χ3v) is 5.48. The molecule has 1 heterocycles. The van der Waals surface area contributed by atoms with E-state index in [9.17, 15) is 4.79 Å². The van der Waals surface area contributed by atoms with Crippen molar-refractivity contribution in [2.24, 2.45) is 4.99 Å². The van der Waals surface area contributed by atoms with Crippen molar-refractivity contribution in [1.82, 2.24) is 5.32 Å². The first kappa shape index (κ1) is 18.1. The molecule has 0 radical (unpaired) electrons. The van der Waals surface area contributed by atoms with Gasteiger partial charge in [0.15, 0.2) is 16.7 Å². The smallest absolute Gasteiger partial charge is 0.264 e. The molecule has 3 rings (SSSR count). The van der Waals surface area contributed by atoms with E-state index in [2.05, 4.69) is 5.32 Å². The van der Waals surface area contributed by atoms with Gasteiger partial charge >= 0.3 is 0 Å². The molecule has 1 aliphatic carbocycles. The Kier molecular flexibility index (Phi) is 5.91. The Bertz CT molecular complexity index is 727. The van der Waals surface area contributed by atoms with Crippen LogP contribution in [-0.2, 0) is 4.79 Å². The second kappa shape index (κ2) is 8.15. The summed E-state index contributed by atoms with van der Waals surface area (Å²) in [6.07, 6.45) is 7.71. The van der Waals surface area contributed by atoms with E-state index >= 15 is 0 Å². The predicted molar refractivity (Wildman–Crippen MR) is 103 cm³/mol.